The maximum atomic E-state index is 9.93. The molecule has 0 saturated carbocycles. The SMILES string of the molecule is Cc1cccnc1-c1noc(C2COCCC2O)n1. The summed E-state index contributed by atoms with van der Waals surface area (Å²) in [7, 11) is 0. The number of hydrogen-bond donors (Lipinski definition) is 1. The van der Waals surface area contributed by atoms with Gasteiger partial charge in [-0.3, -0.25) is 4.98 Å². The van der Waals surface area contributed by atoms with Gasteiger partial charge in [0.1, 0.15) is 5.69 Å². The summed E-state index contributed by atoms with van der Waals surface area (Å²) in [6.07, 6.45) is 1.79. The van der Waals surface area contributed by atoms with E-state index in [-0.39, 0.29) is 5.92 Å². The van der Waals surface area contributed by atoms with Crippen LogP contribution in [0.25, 0.3) is 11.5 Å². The second-order valence-electron chi connectivity index (χ2n) is 4.66. The van der Waals surface area contributed by atoms with E-state index in [2.05, 4.69) is 15.1 Å². The number of hydrogen-bond acceptors (Lipinski definition) is 6. The van der Waals surface area contributed by atoms with Crippen LogP contribution in [-0.2, 0) is 4.74 Å². The zero-order chi connectivity index (χ0) is 13.2. The van der Waals surface area contributed by atoms with Gasteiger partial charge in [-0.2, -0.15) is 4.98 Å². The maximum absolute atomic E-state index is 9.93. The van der Waals surface area contributed by atoms with Gasteiger partial charge in [0.2, 0.25) is 11.7 Å². The van der Waals surface area contributed by atoms with Gasteiger partial charge in [0.25, 0.3) is 0 Å². The van der Waals surface area contributed by atoms with E-state index in [0.717, 1.165) is 5.56 Å². The molecule has 1 fully saturated rings. The highest BCUT2D eigenvalue weighted by Gasteiger charge is 2.30. The fourth-order valence-electron chi connectivity index (χ4n) is 2.16. The molecule has 2 atom stereocenters. The molecule has 0 spiro atoms. The van der Waals surface area contributed by atoms with Crippen LogP contribution in [0.5, 0.6) is 0 Å². The molecule has 2 aromatic rings. The van der Waals surface area contributed by atoms with Crippen LogP contribution in [0, 0.1) is 6.92 Å². The van der Waals surface area contributed by atoms with Crippen LogP contribution in [0.3, 0.4) is 0 Å². The zero-order valence-electron chi connectivity index (χ0n) is 10.6. The van der Waals surface area contributed by atoms with Crippen LogP contribution in [0.4, 0.5) is 0 Å². The largest absolute Gasteiger partial charge is 0.392 e. The zero-order valence-corrected chi connectivity index (χ0v) is 10.6. The summed E-state index contributed by atoms with van der Waals surface area (Å²) in [5, 5.41) is 13.9. The van der Waals surface area contributed by atoms with Gasteiger partial charge in [0, 0.05) is 12.8 Å². The Labute approximate surface area is 110 Å². The van der Waals surface area contributed by atoms with E-state index in [1.165, 1.54) is 0 Å². The summed E-state index contributed by atoms with van der Waals surface area (Å²) in [6, 6.07) is 3.80. The number of nitrogens with zero attached hydrogens (tertiary/aromatic N) is 3. The third kappa shape index (κ3) is 2.36. The van der Waals surface area contributed by atoms with Crippen molar-refractivity contribution < 1.29 is 14.4 Å². The van der Waals surface area contributed by atoms with E-state index in [1.807, 2.05) is 19.1 Å². The van der Waals surface area contributed by atoms with E-state index in [9.17, 15) is 5.11 Å². The van der Waals surface area contributed by atoms with E-state index >= 15 is 0 Å². The van der Waals surface area contributed by atoms with Gasteiger partial charge >= 0.3 is 0 Å². The van der Waals surface area contributed by atoms with Crippen LogP contribution < -0.4 is 0 Å². The van der Waals surface area contributed by atoms with Crippen LogP contribution in [-0.4, -0.2) is 39.5 Å². The monoisotopic (exact) mass is 261 g/mol. The minimum absolute atomic E-state index is 0.251. The molecule has 1 aliphatic rings. The summed E-state index contributed by atoms with van der Waals surface area (Å²) in [4.78, 5) is 8.58. The average Bonchev–Trinajstić information content (AvgIpc) is 2.89. The molecule has 19 heavy (non-hydrogen) atoms. The van der Waals surface area contributed by atoms with Gasteiger partial charge in [0.15, 0.2) is 0 Å². The molecule has 6 heteroatoms. The Morgan fingerprint density at radius 1 is 1.42 bits per heavy atom. The molecular weight excluding hydrogens is 246 g/mol. The number of ether oxygens (including phenoxy) is 1. The lowest BCUT2D eigenvalue weighted by molar-refractivity contribution is -0.0149. The molecule has 3 rings (SSSR count). The van der Waals surface area contributed by atoms with Crippen molar-refractivity contribution in [2.24, 2.45) is 0 Å². The fourth-order valence-corrected chi connectivity index (χ4v) is 2.16. The molecule has 2 unspecified atom stereocenters. The Balaban J connectivity index is 1.89. The Morgan fingerprint density at radius 2 is 2.32 bits per heavy atom. The van der Waals surface area contributed by atoms with E-state index in [4.69, 9.17) is 9.26 Å². The highest BCUT2D eigenvalue weighted by molar-refractivity contribution is 5.53. The molecule has 3 heterocycles. The highest BCUT2D eigenvalue weighted by atomic mass is 16.5. The van der Waals surface area contributed by atoms with Crippen molar-refractivity contribution in [2.75, 3.05) is 13.2 Å². The molecule has 0 bridgehead atoms. The van der Waals surface area contributed by atoms with Crippen molar-refractivity contribution >= 4 is 0 Å². The van der Waals surface area contributed by atoms with Crippen molar-refractivity contribution in [3.63, 3.8) is 0 Å². The van der Waals surface area contributed by atoms with E-state index in [0.29, 0.717) is 37.0 Å². The molecule has 6 nitrogen and oxygen atoms in total. The molecule has 1 aliphatic heterocycles. The standard InChI is InChI=1S/C13H15N3O3/c1-8-3-2-5-14-11(8)12-15-13(19-16-12)9-7-18-6-4-10(9)17/h2-3,5,9-10,17H,4,6-7H2,1H3. The molecule has 1 saturated heterocycles. The van der Waals surface area contributed by atoms with Crippen LogP contribution in [0.2, 0.25) is 0 Å². The Morgan fingerprint density at radius 3 is 3.11 bits per heavy atom. The molecule has 2 aromatic heterocycles. The first-order chi connectivity index (χ1) is 9.25. The van der Waals surface area contributed by atoms with Gasteiger partial charge in [0.05, 0.1) is 18.6 Å². The molecule has 0 aliphatic carbocycles. The van der Waals surface area contributed by atoms with Gasteiger partial charge in [-0.15, -0.1) is 0 Å². The molecule has 0 amide bonds. The lowest BCUT2D eigenvalue weighted by Crippen LogP contribution is -2.30. The molecular formula is C13H15N3O3. The first-order valence-electron chi connectivity index (χ1n) is 6.27. The number of aryl methyl sites for hydroxylation is 1. The number of rotatable bonds is 2. The number of aromatic nitrogens is 3. The first-order valence-corrected chi connectivity index (χ1v) is 6.27. The number of aliphatic hydroxyl groups is 1. The predicted molar refractivity (Wildman–Crippen MR) is 66.4 cm³/mol. The van der Waals surface area contributed by atoms with Gasteiger partial charge in [-0.25, -0.2) is 0 Å². The minimum atomic E-state index is -0.494. The van der Waals surface area contributed by atoms with Crippen molar-refractivity contribution in [3.8, 4) is 11.5 Å². The number of aliphatic hydroxyl groups excluding tert-OH is 1. The molecule has 1 N–H and O–H groups in total. The molecule has 0 aromatic carbocycles. The summed E-state index contributed by atoms with van der Waals surface area (Å²) < 4.78 is 10.6. The van der Waals surface area contributed by atoms with E-state index < -0.39 is 6.10 Å². The fraction of sp³-hybridized carbons (Fsp3) is 0.462. The third-order valence-corrected chi connectivity index (χ3v) is 3.30. The van der Waals surface area contributed by atoms with Gasteiger partial charge < -0.3 is 14.4 Å². The summed E-state index contributed by atoms with van der Waals surface area (Å²) in [5.74, 6) is 0.608. The third-order valence-electron chi connectivity index (χ3n) is 3.30. The number of pyridine rings is 1. The Kier molecular flexibility index (Phi) is 3.27. The predicted octanol–water partition coefficient (Wildman–Crippen LogP) is 1.30. The Hall–Kier alpha value is -1.79. The second kappa shape index (κ2) is 5.07. The van der Waals surface area contributed by atoms with Crippen molar-refractivity contribution in [3.05, 3.63) is 29.8 Å². The van der Waals surface area contributed by atoms with Crippen molar-refractivity contribution in [2.45, 2.75) is 25.4 Å². The second-order valence-corrected chi connectivity index (χ2v) is 4.66. The van der Waals surface area contributed by atoms with Crippen LogP contribution >= 0.6 is 0 Å². The topological polar surface area (TPSA) is 81.3 Å². The highest BCUT2D eigenvalue weighted by Crippen LogP contribution is 2.26. The lowest BCUT2D eigenvalue weighted by Gasteiger charge is -2.24. The minimum Gasteiger partial charge on any atom is -0.392 e. The summed E-state index contributed by atoms with van der Waals surface area (Å²) in [5.41, 5.74) is 1.68. The average molecular weight is 261 g/mol. The summed E-state index contributed by atoms with van der Waals surface area (Å²) >= 11 is 0. The van der Waals surface area contributed by atoms with E-state index in [1.54, 1.807) is 6.20 Å². The normalized spacial score (nSPS) is 23.5. The van der Waals surface area contributed by atoms with Crippen LogP contribution in [0.15, 0.2) is 22.9 Å². The maximum Gasteiger partial charge on any atom is 0.235 e. The smallest absolute Gasteiger partial charge is 0.235 e. The lowest BCUT2D eigenvalue weighted by atomic mass is 9.99. The van der Waals surface area contributed by atoms with Crippen molar-refractivity contribution in [1.82, 2.24) is 15.1 Å². The summed E-state index contributed by atoms with van der Waals surface area (Å²) in [6.45, 7) is 2.92. The van der Waals surface area contributed by atoms with Crippen molar-refractivity contribution in [1.29, 1.82) is 0 Å². The first kappa shape index (κ1) is 12.3. The Bertz CT molecular complexity index is 570. The van der Waals surface area contributed by atoms with Crippen LogP contribution in [0.1, 0.15) is 23.8 Å². The molecule has 100 valence electrons. The quantitative estimate of drug-likeness (QED) is 0.877. The van der Waals surface area contributed by atoms with Gasteiger partial charge in [-0.1, -0.05) is 11.2 Å². The van der Waals surface area contributed by atoms with Gasteiger partial charge in [-0.05, 0) is 25.0 Å². The molecule has 0 radical (unpaired) electrons.